The number of carbonyl (C=O) groups excluding carboxylic acids is 2. The van der Waals surface area contributed by atoms with E-state index >= 15 is 0 Å². The summed E-state index contributed by atoms with van der Waals surface area (Å²) in [6.07, 6.45) is 1.82. The lowest BCUT2D eigenvalue weighted by atomic mass is 10.2. The van der Waals surface area contributed by atoms with Crippen LogP contribution in [-0.2, 0) is 4.79 Å². The number of halogens is 1. The van der Waals surface area contributed by atoms with Crippen LogP contribution in [0.4, 0.5) is 10.5 Å². The Labute approximate surface area is 181 Å². The van der Waals surface area contributed by atoms with Gasteiger partial charge in [0.15, 0.2) is 0 Å². The molecule has 1 aliphatic rings. The average Bonchev–Trinajstić information content (AvgIpc) is 3.12. The Bertz CT molecular complexity index is 1100. The van der Waals surface area contributed by atoms with Crippen LogP contribution in [0, 0.1) is 17.4 Å². The Balaban J connectivity index is 1.70. The molecule has 0 N–H and O–H groups in total. The molecule has 140 valence electrons. The first-order valence-electron chi connectivity index (χ1n) is 8.73. The van der Waals surface area contributed by atoms with Crippen LogP contribution in [0.5, 0.6) is 0 Å². The molecule has 0 spiro atoms. The normalized spacial score (nSPS) is 15.7. The van der Waals surface area contributed by atoms with Gasteiger partial charge in [0.25, 0.3) is 11.1 Å². The van der Waals surface area contributed by atoms with Crippen molar-refractivity contribution in [2.75, 3.05) is 4.90 Å². The van der Waals surface area contributed by atoms with Gasteiger partial charge in [0.05, 0.1) is 10.6 Å². The van der Waals surface area contributed by atoms with E-state index in [0.717, 1.165) is 34.4 Å². The van der Waals surface area contributed by atoms with Crippen LogP contribution in [0.3, 0.4) is 0 Å². The van der Waals surface area contributed by atoms with Crippen LogP contribution in [-0.4, -0.2) is 15.7 Å². The van der Waals surface area contributed by atoms with Crippen molar-refractivity contribution in [1.29, 1.82) is 0 Å². The number of aryl methyl sites for hydroxylation is 1. The molecule has 0 unspecified atom stereocenters. The van der Waals surface area contributed by atoms with Gasteiger partial charge in [-0.2, -0.15) is 0 Å². The molecule has 4 rings (SSSR count). The van der Waals surface area contributed by atoms with Crippen molar-refractivity contribution in [1.82, 2.24) is 4.57 Å². The van der Waals surface area contributed by atoms with E-state index in [4.69, 9.17) is 0 Å². The monoisotopic (exact) mass is 500 g/mol. The van der Waals surface area contributed by atoms with Crippen molar-refractivity contribution < 1.29 is 9.59 Å². The van der Waals surface area contributed by atoms with Gasteiger partial charge in [-0.1, -0.05) is 18.2 Å². The number of para-hydroxylation sites is 1. The fraction of sp³-hybridized carbons (Fsp3) is 0.0909. The van der Waals surface area contributed by atoms with Gasteiger partial charge in [0.2, 0.25) is 0 Å². The highest BCUT2D eigenvalue weighted by Gasteiger charge is 2.36. The van der Waals surface area contributed by atoms with Gasteiger partial charge in [-0.05, 0) is 102 Å². The maximum absolute atomic E-state index is 12.8. The van der Waals surface area contributed by atoms with Crippen LogP contribution < -0.4 is 4.90 Å². The quantitative estimate of drug-likeness (QED) is 0.330. The Hall–Kier alpha value is -2.32. The number of amides is 2. The maximum atomic E-state index is 12.8. The van der Waals surface area contributed by atoms with Crippen molar-refractivity contribution in [3.8, 4) is 5.69 Å². The zero-order valence-corrected chi connectivity index (χ0v) is 18.3. The van der Waals surface area contributed by atoms with E-state index in [1.54, 1.807) is 12.1 Å². The highest BCUT2D eigenvalue weighted by Crippen LogP contribution is 2.36. The summed E-state index contributed by atoms with van der Waals surface area (Å²) in [6, 6.07) is 19.4. The summed E-state index contributed by atoms with van der Waals surface area (Å²) in [7, 11) is 0. The van der Waals surface area contributed by atoms with E-state index in [2.05, 4.69) is 51.4 Å². The minimum atomic E-state index is -0.278. The number of anilines is 1. The topological polar surface area (TPSA) is 42.3 Å². The SMILES string of the molecule is Cc1cc(/C=C2/SC(=O)N(c3ccccc3)C2=O)c(C)n1-c1ccc(I)cc1. The maximum Gasteiger partial charge on any atom is 0.298 e. The summed E-state index contributed by atoms with van der Waals surface area (Å²) < 4.78 is 3.34. The molecular formula is C22H17IN2O2S. The van der Waals surface area contributed by atoms with Crippen molar-refractivity contribution in [3.63, 3.8) is 0 Å². The van der Waals surface area contributed by atoms with Crippen molar-refractivity contribution >= 4 is 57.3 Å². The summed E-state index contributed by atoms with van der Waals surface area (Å²) >= 11 is 3.27. The van der Waals surface area contributed by atoms with E-state index in [-0.39, 0.29) is 11.1 Å². The van der Waals surface area contributed by atoms with E-state index in [1.807, 2.05) is 44.2 Å². The Morgan fingerprint density at radius 2 is 1.61 bits per heavy atom. The smallest absolute Gasteiger partial charge is 0.298 e. The molecule has 0 atom stereocenters. The molecule has 3 aromatic rings. The molecule has 1 aliphatic heterocycles. The molecule has 28 heavy (non-hydrogen) atoms. The lowest BCUT2D eigenvalue weighted by molar-refractivity contribution is -0.113. The fourth-order valence-corrected chi connectivity index (χ4v) is 4.52. The second-order valence-corrected chi connectivity index (χ2v) is 8.73. The number of aromatic nitrogens is 1. The number of thioether (sulfide) groups is 1. The average molecular weight is 500 g/mol. The zero-order valence-electron chi connectivity index (χ0n) is 15.3. The van der Waals surface area contributed by atoms with Crippen molar-refractivity contribution in [2.45, 2.75) is 13.8 Å². The van der Waals surface area contributed by atoms with Crippen molar-refractivity contribution in [2.24, 2.45) is 0 Å². The van der Waals surface area contributed by atoms with Crippen LogP contribution in [0.1, 0.15) is 17.0 Å². The van der Waals surface area contributed by atoms with E-state index in [1.165, 1.54) is 8.47 Å². The summed E-state index contributed by atoms with van der Waals surface area (Å²) in [5.41, 5.74) is 4.72. The summed E-state index contributed by atoms with van der Waals surface area (Å²) in [5, 5.41) is -0.270. The predicted molar refractivity (Wildman–Crippen MR) is 123 cm³/mol. The Kier molecular flexibility index (Phi) is 5.16. The molecule has 1 aromatic heterocycles. The number of benzene rings is 2. The first-order chi connectivity index (χ1) is 13.5. The number of nitrogens with zero attached hydrogens (tertiary/aromatic N) is 2. The molecule has 1 fully saturated rings. The molecule has 0 saturated carbocycles. The Morgan fingerprint density at radius 3 is 2.29 bits per heavy atom. The molecule has 0 aliphatic carbocycles. The van der Waals surface area contributed by atoms with Crippen LogP contribution in [0.25, 0.3) is 11.8 Å². The van der Waals surface area contributed by atoms with Crippen LogP contribution in [0.15, 0.2) is 65.6 Å². The molecule has 2 heterocycles. The van der Waals surface area contributed by atoms with Gasteiger partial charge < -0.3 is 4.57 Å². The van der Waals surface area contributed by atoms with Gasteiger partial charge in [-0.15, -0.1) is 0 Å². The molecule has 6 heteroatoms. The third kappa shape index (κ3) is 3.42. The van der Waals surface area contributed by atoms with E-state index in [9.17, 15) is 9.59 Å². The van der Waals surface area contributed by atoms with Crippen molar-refractivity contribution in [3.05, 3.63) is 86.1 Å². The largest absolute Gasteiger partial charge is 0.318 e. The minimum absolute atomic E-state index is 0.270. The number of rotatable bonds is 3. The Morgan fingerprint density at radius 1 is 0.929 bits per heavy atom. The molecule has 0 bridgehead atoms. The first-order valence-corrected chi connectivity index (χ1v) is 10.6. The van der Waals surface area contributed by atoms with Gasteiger partial charge in [-0.25, -0.2) is 4.90 Å². The third-order valence-electron chi connectivity index (χ3n) is 4.65. The number of hydrogen-bond acceptors (Lipinski definition) is 3. The second kappa shape index (κ2) is 7.60. The minimum Gasteiger partial charge on any atom is -0.318 e. The number of imide groups is 1. The lowest BCUT2D eigenvalue weighted by Crippen LogP contribution is -2.27. The molecule has 1 saturated heterocycles. The third-order valence-corrected chi connectivity index (χ3v) is 6.24. The van der Waals surface area contributed by atoms with E-state index < -0.39 is 0 Å². The van der Waals surface area contributed by atoms with E-state index in [0.29, 0.717) is 10.6 Å². The first kappa shape index (κ1) is 19.0. The summed E-state index contributed by atoms with van der Waals surface area (Å²) in [4.78, 5) is 26.9. The van der Waals surface area contributed by atoms with Gasteiger partial charge in [-0.3, -0.25) is 9.59 Å². The summed E-state index contributed by atoms with van der Waals surface area (Å²) in [6.45, 7) is 4.07. The molecular weight excluding hydrogens is 483 g/mol. The lowest BCUT2D eigenvalue weighted by Gasteiger charge is -2.11. The molecule has 0 radical (unpaired) electrons. The number of hydrogen-bond donors (Lipinski definition) is 0. The molecule has 4 nitrogen and oxygen atoms in total. The van der Waals surface area contributed by atoms with Gasteiger partial charge >= 0.3 is 0 Å². The highest BCUT2D eigenvalue weighted by molar-refractivity contribution is 14.1. The predicted octanol–water partition coefficient (Wildman–Crippen LogP) is 5.94. The molecule has 2 aromatic carbocycles. The van der Waals surface area contributed by atoms with Gasteiger partial charge in [0, 0.05) is 20.6 Å². The number of carbonyl (C=O) groups is 2. The zero-order chi connectivity index (χ0) is 19.8. The molecule has 2 amide bonds. The fourth-order valence-electron chi connectivity index (χ4n) is 3.33. The standard InChI is InChI=1S/C22H17IN2O2S/c1-14-12-16(15(2)24(14)19-10-8-17(23)9-11-19)13-20-21(26)25(22(27)28-20)18-6-4-3-5-7-18/h3-13H,1-2H3/b20-13+. The summed E-state index contributed by atoms with van der Waals surface area (Å²) in [5.74, 6) is -0.278. The van der Waals surface area contributed by atoms with Crippen LogP contribution in [0.2, 0.25) is 0 Å². The highest BCUT2D eigenvalue weighted by atomic mass is 127. The van der Waals surface area contributed by atoms with Crippen LogP contribution >= 0.6 is 34.4 Å². The second-order valence-electron chi connectivity index (χ2n) is 6.49. The van der Waals surface area contributed by atoms with Gasteiger partial charge in [0.1, 0.15) is 0 Å².